The molecule has 1 unspecified atom stereocenters. The van der Waals surface area contributed by atoms with Crippen molar-refractivity contribution in [2.75, 3.05) is 14.2 Å². The molecule has 2 aromatic carbocycles. The maximum atomic E-state index is 13.2. The number of amides is 2. The van der Waals surface area contributed by atoms with Crippen molar-refractivity contribution in [2.45, 2.75) is 44.0 Å². The summed E-state index contributed by atoms with van der Waals surface area (Å²) in [6.07, 6.45) is 1.73. The standard InChI is InChI=1S/C24H32N2O3S/c1-16(2)13-19(15-18-7-5-6-8-22(18)30)23(27)26-21(24(28)25-3)14-17-9-11-20(29-4)12-10-17/h5-12,16,19,21,30H,13-15H2,1-4H3,(H,25,28)(H,26,27)/t19?,21-/m0/s1. The van der Waals surface area contributed by atoms with E-state index in [-0.39, 0.29) is 17.7 Å². The van der Waals surface area contributed by atoms with Gasteiger partial charge in [-0.3, -0.25) is 9.59 Å². The first-order chi connectivity index (χ1) is 14.3. The van der Waals surface area contributed by atoms with Crippen LogP contribution in [0, 0.1) is 11.8 Å². The van der Waals surface area contributed by atoms with Crippen molar-refractivity contribution in [3.05, 3.63) is 59.7 Å². The first-order valence-electron chi connectivity index (χ1n) is 10.3. The lowest BCUT2D eigenvalue weighted by molar-refractivity contribution is -0.131. The molecule has 2 atom stereocenters. The molecule has 5 nitrogen and oxygen atoms in total. The molecule has 30 heavy (non-hydrogen) atoms. The highest BCUT2D eigenvalue weighted by atomic mass is 32.1. The van der Waals surface area contributed by atoms with Crippen molar-refractivity contribution >= 4 is 24.4 Å². The minimum Gasteiger partial charge on any atom is -0.497 e. The van der Waals surface area contributed by atoms with Crippen LogP contribution in [0.4, 0.5) is 0 Å². The van der Waals surface area contributed by atoms with Crippen molar-refractivity contribution in [1.29, 1.82) is 0 Å². The van der Waals surface area contributed by atoms with Crippen molar-refractivity contribution < 1.29 is 14.3 Å². The second-order valence-electron chi connectivity index (χ2n) is 7.89. The summed E-state index contributed by atoms with van der Waals surface area (Å²) in [7, 11) is 3.19. The molecule has 0 spiro atoms. The van der Waals surface area contributed by atoms with Crippen LogP contribution in [0.2, 0.25) is 0 Å². The molecule has 0 aliphatic rings. The fraction of sp³-hybridized carbons (Fsp3) is 0.417. The van der Waals surface area contributed by atoms with E-state index in [0.717, 1.165) is 28.2 Å². The Morgan fingerprint density at radius 2 is 1.67 bits per heavy atom. The van der Waals surface area contributed by atoms with Crippen LogP contribution < -0.4 is 15.4 Å². The van der Waals surface area contributed by atoms with Crippen LogP contribution in [0.5, 0.6) is 5.75 Å². The Kier molecular flexibility index (Phi) is 9.24. The summed E-state index contributed by atoms with van der Waals surface area (Å²) in [5.74, 6) is 0.551. The third kappa shape index (κ3) is 7.10. The van der Waals surface area contributed by atoms with Crippen molar-refractivity contribution in [3.8, 4) is 5.75 Å². The van der Waals surface area contributed by atoms with E-state index in [1.54, 1.807) is 14.2 Å². The summed E-state index contributed by atoms with van der Waals surface area (Å²) in [6, 6.07) is 14.7. The van der Waals surface area contributed by atoms with Crippen molar-refractivity contribution in [2.24, 2.45) is 11.8 Å². The predicted molar refractivity (Wildman–Crippen MR) is 123 cm³/mol. The molecule has 0 heterocycles. The van der Waals surface area contributed by atoms with Gasteiger partial charge in [0.15, 0.2) is 0 Å². The number of hydrogen-bond acceptors (Lipinski definition) is 4. The third-order valence-corrected chi connectivity index (χ3v) is 5.50. The summed E-state index contributed by atoms with van der Waals surface area (Å²) in [5.41, 5.74) is 1.99. The lowest BCUT2D eigenvalue weighted by Crippen LogP contribution is -2.49. The van der Waals surface area contributed by atoms with Crippen molar-refractivity contribution in [1.82, 2.24) is 10.6 Å². The Bertz CT molecular complexity index is 837. The number of thiol groups is 1. The Balaban J connectivity index is 2.16. The van der Waals surface area contributed by atoms with Gasteiger partial charge in [-0.25, -0.2) is 0 Å². The fourth-order valence-electron chi connectivity index (χ4n) is 3.47. The van der Waals surface area contributed by atoms with Gasteiger partial charge in [0.25, 0.3) is 0 Å². The molecule has 2 aromatic rings. The van der Waals surface area contributed by atoms with E-state index in [0.29, 0.717) is 18.8 Å². The average molecular weight is 429 g/mol. The number of methoxy groups -OCH3 is 1. The molecule has 0 aromatic heterocycles. The lowest BCUT2D eigenvalue weighted by atomic mass is 9.89. The Morgan fingerprint density at radius 3 is 2.23 bits per heavy atom. The van der Waals surface area contributed by atoms with Gasteiger partial charge < -0.3 is 15.4 Å². The summed E-state index contributed by atoms with van der Waals surface area (Å²) < 4.78 is 5.19. The highest BCUT2D eigenvalue weighted by Crippen LogP contribution is 2.22. The van der Waals surface area contributed by atoms with Gasteiger partial charge >= 0.3 is 0 Å². The largest absolute Gasteiger partial charge is 0.497 e. The van der Waals surface area contributed by atoms with Gasteiger partial charge in [-0.2, -0.15) is 0 Å². The van der Waals surface area contributed by atoms with E-state index < -0.39 is 6.04 Å². The van der Waals surface area contributed by atoms with E-state index in [4.69, 9.17) is 4.74 Å². The van der Waals surface area contributed by atoms with Crippen LogP contribution >= 0.6 is 12.6 Å². The molecule has 0 aliphatic heterocycles. The van der Waals surface area contributed by atoms with Crippen LogP contribution in [0.25, 0.3) is 0 Å². The Labute approximate surface area is 185 Å². The number of ether oxygens (including phenoxy) is 1. The zero-order chi connectivity index (χ0) is 22.1. The second kappa shape index (κ2) is 11.6. The number of likely N-dealkylation sites (N-methyl/N-ethyl adjacent to an activating group) is 1. The molecule has 0 radical (unpaired) electrons. The van der Waals surface area contributed by atoms with E-state index in [1.165, 1.54) is 0 Å². The van der Waals surface area contributed by atoms with Crippen LogP contribution in [0.15, 0.2) is 53.4 Å². The molecule has 0 saturated carbocycles. The molecule has 2 rings (SSSR count). The average Bonchev–Trinajstić information content (AvgIpc) is 2.73. The van der Waals surface area contributed by atoms with Gasteiger partial charge in [0.1, 0.15) is 11.8 Å². The van der Waals surface area contributed by atoms with E-state index in [2.05, 4.69) is 37.1 Å². The number of hydrogen-bond donors (Lipinski definition) is 3. The minimum atomic E-state index is -0.642. The maximum absolute atomic E-state index is 13.2. The van der Waals surface area contributed by atoms with Crippen molar-refractivity contribution in [3.63, 3.8) is 0 Å². The highest BCUT2D eigenvalue weighted by Gasteiger charge is 2.26. The Hall–Kier alpha value is -2.47. The molecular weight excluding hydrogens is 396 g/mol. The van der Waals surface area contributed by atoms with E-state index >= 15 is 0 Å². The number of nitrogens with one attached hydrogen (secondary N) is 2. The first kappa shape index (κ1) is 23.8. The quantitative estimate of drug-likeness (QED) is 0.506. The van der Waals surface area contributed by atoms with Crippen LogP contribution in [-0.2, 0) is 22.4 Å². The van der Waals surface area contributed by atoms with Gasteiger partial charge in [-0.1, -0.05) is 44.2 Å². The van der Waals surface area contributed by atoms with E-state index in [9.17, 15) is 9.59 Å². The smallest absolute Gasteiger partial charge is 0.242 e. The molecule has 6 heteroatoms. The monoisotopic (exact) mass is 428 g/mol. The van der Waals surface area contributed by atoms with Gasteiger partial charge in [0.2, 0.25) is 11.8 Å². The summed E-state index contributed by atoms with van der Waals surface area (Å²) in [4.78, 5) is 26.5. The molecule has 0 saturated heterocycles. The SMILES string of the molecule is CNC(=O)[C@H](Cc1ccc(OC)cc1)NC(=O)C(Cc1ccccc1S)CC(C)C. The van der Waals surface area contributed by atoms with Gasteiger partial charge in [0, 0.05) is 24.3 Å². The summed E-state index contributed by atoms with van der Waals surface area (Å²) in [6.45, 7) is 4.20. The molecule has 162 valence electrons. The zero-order valence-electron chi connectivity index (χ0n) is 18.1. The lowest BCUT2D eigenvalue weighted by Gasteiger charge is -2.23. The van der Waals surface area contributed by atoms with Gasteiger partial charge in [-0.05, 0) is 48.1 Å². The van der Waals surface area contributed by atoms with Crippen LogP contribution in [-0.4, -0.2) is 32.0 Å². The molecule has 0 bridgehead atoms. The fourth-order valence-corrected chi connectivity index (χ4v) is 3.72. The maximum Gasteiger partial charge on any atom is 0.242 e. The summed E-state index contributed by atoms with van der Waals surface area (Å²) in [5, 5.41) is 5.64. The molecule has 2 N–H and O–H groups in total. The second-order valence-corrected chi connectivity index (χ2v) is 8.37. The predicted octanol–water partition coefficient (Wildman–Crippen LogP) is 3.66. The normalized spacial score (nSPS) is 12.9. The molecular formula is C24H32N2O3S. The number of carbonyl (C=O) groups is 2. The molecule has 0 fully saturated rings. The minimum absolute atomic E-state index is 0.109. The van der Waals surface area contributed by atoms with Crippen LogP contribution in [0.3, 0.4) is 0 Å². The topological polar surface area (TPSA) is 67.4 Å². The third-order valence-electron chi connectivity index (χ3n) is 5.06. The number of rotatable bonds is 10. The number of benzene rings is 2. The summed E-state index contributed by atoms with van der Waals surface area (Å²) >= 11 is 4.53. The number of carbonyl (C=O) groups excluding carboxylic acids is 2. The van der Waals surface area contributed by atoms with Gasteiger partial charge in [0.05, 0.1) is 7.11 Å². The highest BCUT2D eigenvalue weighted by molar-refractivity contribution is 7.80. The molecule has 2 amide bonds. The van der Waals surface area contributed by atoms with Crippen LogP contribution in [0.1, 0.15) is 31.4 Å². The molecule has 0 aliphatic carbocycles. The first-order valence-corrected chi connectivity index (χ1v) is 10.7. The van der Waals surface area contributed by atoms with Gasteiger partial charge in [-0.15, -0.1) is 12.6 Å². The van der Waals surface area contributed by atoms with E-state index in [1.807, 2.05) is 48.5 Å². The zero-order valence-corrected chi connectivity index (χ0v) is 19.0. The Morgan fingerprint density at radius 1 is 1.00 bits per heavy atom.